The number of nitrogens with one attached hydrogen (secondary N) is 1. The maximum atomic E-state index is 5.40. The average molecular weight is 219 g/mol. The third-order valence-electron chi connectivity index (χ3n) is 4.84. The van der Waals surface area contributed by atoms with Gasteiger partial charge in [0.2, 0.25) is 5.89 Å². The fourth-order valence-corrected chi connectivity index (χ4v) is 4.29. The maximum absolute atomic E-state index is 5.40. The minimum Gasteiger partial charge on any atom is -0.339 e. The molecule has 3 aliphatic rings. The standard InChI is InChI=1S/C12H17N3O/c1-13-5-8-14-12(16-15-8)11-9-6-2-3-7(4-6)10(9)11/h6-7,9-11,13H,2-5H2,1H3. The summed E-state index contributed by atoms with van der Waals surface area (Å²) in [6.45, 7) is 0.707. The first kappa shape index (κ1) is 9.16. The van der Waals surface area contributed by atoms with Crippen LogP contribution in [0.3, 0.4) is 0 Å². The van der Waals surface area contributed by atoms with Crippen LogP contribution in [0.1, 0.15) is 36.9 Å². The van der Waals surface area contributed by atoms with E-state index in [2.05, 4.69) is 15.5 Å². The van der Waals surface area contributed by atoms with Crippen molar-refractivity contribution in [1.29, 1.82) is 0 Å². The van der Waals surface area contributed by atoms with Crippen molar-refractivity contribution in [3.8, 4) is 0 Å². The van der Waals surface area contributed by atoms with Crippen LogP contribution >= 0.6 is 0 Å². The Labute approximate surface area is 94.8 Å². The van der Waals surface area contributed by atoms with Gasteiger partial charge in [0.05, 0.1) is 6.54 Å². The quantitative estimate of drug-likeness (QED) is 0.838. The molecule has 0 aliphatic heterocycles. The van der Waals surface area contributed by atoms with Gasteiger partial charge in [-0.2, -0.15) is 4.98 Å². The predicted octanol–water partition coefficient (Wildman–Crippen LogP) is 1.55. The first-order chi connectivity index (χ1) is 7.88. The molecule has 1 heterocycles. The van der Waals surface area contributed by atoms with Gasteiger partial charge in [0, 0.05) is 5.92 Å². The highest BCUT2D eigenvalue weighted by Crippen LogP contribution is 2.72. The zero-order valence-corrected chi connectivity index (χ0v) is 9.52. The van der Waals surface area contributed by atoms with E-state index in [9.17, 15) is 0 Å². The lowest BCUT2D eigenvalue weighted by atomic mass is 10.0. The topological polar surface area (TPSA) is 51.0 Å². The third kappa shape index (κ3) is 1.08. The number of hydrogen-bond acceptors (Lipinski definition) is 4. The number of aromatic nitrogens is 2. The zero-order valence-electron chi connectivity index (χ0n) is 9.52. The van der Waals surface area contributed by atoms with Crippen molar-refractivity contribution in [3.05, 3.63) is 11.7 Å². The molecule has 3 saturated carbocycles. The van der Waals surface area contributed by atoms with E-state index in [1.165, 1.54) is 19.3 Å². The average Bonchev–Trinajstić information content (AvgIpc) is 2.73. The van der Waals surface area contributed by atoms with Crippen LogP contribution in [0.2, 0.25) is 0 Å². The molecule has 0 amide bonds. The first-order valence-electron chi connectivity index (χ1n) is 6.35. The molecule has 4 atom stereocenters. The summed E-state index contributed by atoms with van der Waals surface area (Å²) >= 11 is 0. The van der Waals surface area contributed by atoms with Crippen molar-refractivity contribution >= 4 is 0 Å². The smallest absolute Gasteiger partial charge is 0.230 e. The van der Waals surface area contributed by atoms with E-state index in [0.29, 0.717) is 12.5 Å². The Morgan fingerprint density at radius 2 is 2.06 bits per heavy atom. The summed E-state index contributed by atoms with van der Waals surface area (Å²) in [7, 11) is 1.90. The molecule has 0 saturated heterocycles. The summed E-state index contributed by atoms with van der Waals surface area (Å²) in [5.41, 5.74) is 0. The molecule has 4 rings (SSSR count). The fraction of sp³-hybridized carbons (Fsp3) is 0.833. The highest BCUT2D eigenvalue weighted by atomic mass is 16.5. The molecule has 1 aromatic rings. The first-order valence-corrected chi connectivity index (χ1v) is 6.35. The summed E-state index contributed by atoms with van der Waals surface area (Å²) in [6.07, 6.45) is 4.36. The highest BCUT2D eigenvalue weighted by Gasteiger charge is 2.67. The summed E-state index contributed by atoms with van der Waals surface area (Å²) in [5, 5.41) is 7.07. The monoisotopic (exact) mass is 219 g/mol. The van der Waals surface area contributed by atoms with Gasteiger partial charge >= 0.3 is 0 Å². The highest BCUT2D eigenvalue weighted by molar-refractivity contribution is 5.22. The van der Waals surface area contributed by atoms with Crippen LogP contribution in [0, 0.1) is 23.7 Å². The lowest BCUT2D eigenvalue weighted by Gasteiger charge is -2.04. The van der Waals surface area contributed by atoms with Gasteiger partial charge in [-0.25, -0.2) is 0 Å². The minimum atomic E-state index is 0.615. The minimum absolute atomic E-state index is 0.615. The largest absolute Gasteiger partial charge is 0.339 e. The second-order valence-corrected chi connectivity index (χ2v) is 5.59. The van der Waals surface area contributed by atoms with E-state index in [4.69, 9.17) is 4.52 Å². The van der Waals surface area contributed by atoms with Crippen LogP contribution in [-0.2, 0) is 6.54 Å². The molecule has 3 aliphatic carbocycles. The Balaban J connectivity index is 1.55. The van der Waals surface area contributed by atoms with E-state index in [0.717, 1.165) is 35.4 Å². The summed E-state index contributed by atoms with van der Waals surface area (Å²) < 4.78 is 5.40. The number of nitrogens with zero attached hydrogens (tertiary/aromatic N) is 2. The van der Waals surface area contributed by atoms with E-state index >= 15 is 0 Å². The molecule has 4 unspecified atom stereocenters. The Morgan fingerprint density at radius 1 is 1.31 bits per heavy atom. The fourth-order valence-electron chi connectivity index (χ4n) is 4.29. The van der Waals surface area contributed by atoms with Crippen molar-refractivity contribution in [2.45, 2.75) is 31.7 Å². The van der Waals surface area contributed by atoms with Gasteiger partial charge in [0.25, 0.3) is 0 Å². The van der Waals surface area contributed by atoms with E-state index in [1.54, 1.807) is 0 Å². The van der Waals surface area contributed by atoms with E-state index in [-0.39, 0.29) is 0 Å². The zero-order chi connectivity index (χ0) is 10.7. The second kappa shape index (κ2) is 3.06. The van der Waals surface area contributed by atoms with Crippen LogP contribution < -0.4 is 5.32 Å². The molecule has 4 nitrogen and oxygen atoms in total. The summed E-state index contributed by atoms with van der Waals surface area (Å²) in [6, 6.07) is 0. The third-order valence-corrected chi connectivity index (χ3v) is 4.84. The molecule has 0 radical (unpaired) electrons. The van der Waals surface area contributed by atoms with Gasteiger partial charge in [0.1, 0.15) is 0 Å². The van der Waals surface area contributed by atoms with E-state index in [1.807, 2.05) is 7.05 Å². The lowest BCUT2D eigenvalue weighted by Crippen LogP contribution is -2.06. The lowest BCUT2D eigenvalue weighted by molar-refractivity contribution is 0.351. The van der Waals surface area contributed by atoms with Gasteiger partial charge in [-0.3, -0.25) is 0 Å². The molecular formula is C12H17N3O. The van der Waals surface area contributed by atoms with Gasteiger partial charge in [-0.05, 0) is 50.0 Å². The molecule has 3 fully saturated rings. The Hall–Kier alpha value is -0.900. The Morgan fingerprint density at radius 3 is 2.75 bits per heavy atom. The summed E-state index contributed by atoms with van der Waals surface area (Å²) in [4.78, 5) is 4.50. The normalized spacial score (nSPS) is 43.7. The Bertz CT molecular complexity index is 400. The molecule has 1 N–H and O–H groups in total. The van der Waals surface area contributed by atoms with Crippen molar-refractivity contribution in [1.82, 2.24) is 15.5 Å². The predicted molar refractivity (Wildman–Crippen MR) is 57.6 cm³/mol. The molecule has 16 heavy (non-hydrogen) atoms. The van der Waals surface area contributed by atoms with Crippen LogP contribution in [0.15, 0.2) is 4.52 Å². The SMILES string of the molecule is CNCc1noc(C2C3C4CCC(C4)C23)n1. The van der Waals surface area contributed by atoms with Crippen LogP contribution in [0.4, 0.5) is 0 Å². The molecule has 4 heteroatoms. The van der Waals surface area contributed by atoms with Gasteiger partial charge in [0.15, 0.2) is 5.82 Å². The molecular weight excluding hydrogens is 202 g/mol. The molecule has 1 aromatic heterocycles. The van der Waals surface area contributed by atoms with Gasteiger partial charge in [-0.15, -0.1) is 0 Å². The number of fused-ring (bicyclic) bond motifs is 5. The van der Waals surface area contributed by atoms with Crippen LogP contribution in [0.5, 0.6) is 0 Å². The molecule has 0 spiro atoms. The molecule has 0 aromatic carbocycles. The number of rotatable bonds is 3. The van der Waals surface area contributed by atoms with Crippen molar-refractivity contribution in [2.24, 2.45) is 23.7 Å². The Kier molecular flexibility index (Phi) is 1.76. The van der Waals surface area contributed by atoms with Crippen LogP contribution in [0.25, 0.3) is 0 Å². The van der Waals surface area contributed by atoms with Crippen LogP contribution in [-0.4, -0.2) is 17.2 Å². The van der Waals surface area contributed by atoms with Crippen molar-refractivity contribution in [2.75, 3.05) is 7.05 Å². The van der Waals surface area contributed by atoms with Crippen molar-refractivity contribution < 1.29 is 4.52 Å². The van der Waals surface area contributed by atoms with Gasteiger partial charge < -0.3 is 9.84 Å². The van der Waals surface area contributed by atoms with Gasteiger partial charge in [-0.1, -0.05) is 5.16 Å². The number of hydrogen-bond donors (Lipinski definition) is 1. The van der Waals surface area contributed by atoms with E-state index < -0.39 is 0 Å². The second-order valence-electron chi connectivity index (χ2n) is 5.59. The molecule has 86 valence electrons. The summed E-state index contributed by atoms with van der Waals surface area (Å²) in [5.74, 6) is 6.05. The molecule has 2 bridgehead atoms. The maximum Gasteiger partial charge on any atom is 0.230 e. The van der Waals surface area contributed by atoms with Crippen molar-refractivity contribution in [3.63, 3.8) is 0 Å².